The van der Waals surface area contributed by atoms with E-state index in [0.717, 1.165) is 21.8 Å². The van der Waals surface area contributed by atoms with Gasteiger partial charge in [-0.25, -0.2) is 0 Å². The molecule has 0 saturated carbocycles. The summed E-state index contributed by atoms with van der Waals surface area (Å²) >= 11 is 0. The summed E-state index contributed by atoms with van der Waals surface area (Å²) in [5.41, 5.74) is 2.68. The first-order valence-electron chi connectivity index (χ1n) is 8.98. The van der Waals surface area contributed by atoms with Crippen molar-refractivity contribution in [2.75, 3.05) is 6.61 Å². The van der Waals surface area contributed by atoms with Crippen molar-refractivity contribution in [1.29, 1.82) is 0 Å². The van der Waals surface area contributed by atoms with Crippen LogP contribution in [0.15, 0.2) is 42.5 Å². The molecule has 2 aromatic carbocycles. The van der Waals surface area contributed by atoms with Crippen molar-refractivity contribution < 1.29 is 19.1 Å². The predicted octanol–water partition coefficient (Wildman–Crippen LogP) is 2.62. The molecule has 3 amide bonds. The molecule has 0 spiro atoms. The Balaban J connectivity index is 1.54. The third-order valence-electron chi connectivity index (χ3n) is 5.11. The maximum atomic E-state index is 12.8. The molecular formula is C21H20N2O4. The summed E-state index contributed by atoms with van der Waals surface area (Å²) < 4.78 is 5.66. The van der Waals surface area contributed by atoms with Gasteiger partial charge in [0.25, 0.3) is 11.8 Å². The average Bonchev–Trinajstić information content (AvgIpc) is 2.92. The minimum atomic E-state index is -0.895. The lowest BCUT2D eigenvalue weighted by Crippen LogP contribution is -2.49. The Kier molecular flexibility index (Phi) is 4.18. The standard InChI is InChI=1S/C21H20N2O4/c1-12-7-8-18-16(11-12)17(9-10-27-18)22-19(24)13(2)23-20(25)14-5-3-4-6-15(14)21(23)26/h3-8,11,13,17H,9-10H2,1-2H3,(H,22,24). The van der Waals surface area contributed by atoms with Gasteiger partial charge in [-0.05, 0) is 32.0 Å². The zero-order valence-electron chi connectivity index (χ0n) is 15.2. The lowest BCUT2D eigenvalue weighted by atomic mass is 9.98. The smallest absolute Gasteiger partial charge is 0.262 e. The fourth-order valence-electron chi connectivity index (χ4n) is 3.63. The van der Waals surface area contributed by atoms with Gasteiger partial charge in [0.05, 0.1) is 23.8 Å². The van der Waals surface area contributed by atoms with Crippen LogP contribution in [0.3, 0.4) is 0 Å². The summed E-state index contributed by atoms with van der Waals surface area (Å²) in [7, 11) is 0. The molecule has 0 fully saturated rings. The Bertz CT molecular complexity index is 918. The fourth-order valence-corrected chi connectivity index (χ4v) is 3.63. The zero-order valence-corrected chi connectivity index (χ0v) is 15.2. The van der Waals surface area contributed by atoms with Crippen LogP contribution in [0.25, 0.3) is 0 Å². The van der Waals surface area contributed by atoms with E-state index in [-0.39, 0.29) is 11.9 Å². The Morgan fingerprint density at radius 3 is 2.48 bits per heavy atom. The molecule has 4 rings (SSSR count). The third kappa shape index (κ3) is 2.87. The molecule has 138 valence electrons. The van der Waals surface area contributed by atoms with Gasteiger partial charge in [0, 0.05) is 12.0 Å². The number of rotatable bonds is 3. The Labute approximate surface area is 157 Å². The number of hydrogen-bond acceptors (Lipinski definition) is 4. The minimum Gasteiger partial charge on any atom is -0.493 e. The molecule has 2 heterocycles. The van der Waals surface area contributed by atoms with Gasteiger partial charge in [-0.2, -0.15) is 0 Å². The maximum Gasteiger partial charge on any atom is 0.262 e. The van der Waals surface area contributed by atoms with Crippen molar-refractivity contribution in [3.05, 3.63) is 64.7 Å². The molecular weight excluding hydrogens is 344 g/mol. The minimum absolute atomic E-state index is 0.209. The maximum absolute atomic E-state index is 12.8. The van der Waals surface area contributed by atoms with Crippen molar-refractivity contribution in [2.45, 2.75) is 32.4 Å². The molecule has 1 N–H and O–H groups in total. The molecule has 0 aliphatic carbocycles. The zero-order chi connectivity index (χ0) is 19.1. The second kappa shape index (κ2) is 6.54. The van der Waals surface area contributed by atoms with Gasteiger partial charge < -0.3 is 10.1 Å². The molecule has 0 bridgehead atoms. The number of ether oxygens (including phenoxy) is 1. The molecule has 2 unspecified atom stereocenters. The number of carbonyl (C=O) groups is 3. The van der Waals surface area contributed by atoms with E-state index in [0.29, 0.717) is 24.2 Å². The Morgan fingerprint density at radius 2 is 1.81 bits per heavy atom. The van der Waals surface area contributed by atoms with Crippen LogP contribution in [0, 0.1) is 6.92 Å². The number of hydrogen-bond donors (Lipinski definition) is 1. The molecule has 6 heteroatoms. The molecule has 0 radical (unpaired) electrons. The average molecular weight is 364 g/mol. The van der Waals surface area contributed by atoms with Crippen LogP contribution in [-0.4, -0.2) is 35.3 Å². The fraction of sp³-hybridized carbons (Fsp3) is 0.286. The quantitative estimate of drug-likeness (QED) is 0.850. The van der Waals surface area contributed by atoms with Gasteiger partial charge in [0.1, 0.15) is 11.8 Å². The second-order valence-corrected chi connectivity index (χ2v) is 6.94. The van der Waals surface area contributed by atoms with Gasteiger partial charge in [-0.15, -0.1) is 0 Å². The monoisotopic (exact) mass is 364 g/mol. The highest BCUT2D eigenvalue weighted by Crippen LogP contribution is 2.33. The van der Waals surface area contributed by atoms with Gasteiger partial charge in [0.15, 0.2) is 0 Å². The van der Waals surface area contributed by atoms with Crippen LogP contribution in [-0.2, 0) is 4.79 Å². The number of amides is 3. The number of nitrogens with zero attached hydrogens (tertiary/aromatic N) is 1. The predicted molar refractivity (Wildman–Crippen MR) is 98.6 cm³/mol. The Morgan fingerprint density at radius 1 is 1.15 bits per heavy atom. The first-order valence-corrected chi connectivity index (χ1v) is 8.98. The van der Waals surface area contributed by atoms with E-state index < -0.39 is 17.9 Å². The summed E-state index contributed by atoms with van der Waals surface area (Å²) in [4.78, 5) is 39.1. The number of carbonyl (C=O) groups excluding carboxylic acids is 3. The summed E-state index contributed by atoms with van der Waals surface area (Å²) in [6.07, 6.45) is 0.636. The summed E-state index contributed by atoms with van der Waals surface area (Å²) in [5, 5.41) is 2.98. The summed E-state index contributed by atoms with van der Waals surface area (Å²) in [6, 6.07) is 11.4. The molecule has 2 aromatic rings. The van der Waals surface area contributed by atoms with E-state index in [2.05, 4.69) is 5.32 Å². The van der Waals surface area contributed by atoms with Crippen LogP contribution in [0.5, 0.6) is 5.75 Å². The molecule has 2 aliphatic heterocycles. The normalized spacial score (nSPS) is 19.2. The number of fused-ring (bicyclic) bond motifs is 2. The second-order valence-electron chi connectivity index (χ2n) is 6.94. The first-order chi connectivity index (χ1) is 13.0. The van der Waals surface area contributed by atoms with E-state index in [1.807, 2.05) is 25.1 Å². The van der Waals surface area contributed by atoms with Crippen molar-refractivity contribution in [1.82, 2.24) is 10.2 Å². The third-order valence-corrected chi connectivity index (χ3v) is 5.11. The highest BCUT2D eigenvalue weighted by Gasteiger charge is 2.41. The first kappa shape index (κ1) is 17.3. The largest absolute Gasteiger partial charge is 0.493 e. The highest BCUT2D eigenvalue weighted by molar-refractivity contribution is 6.22. The van der Waals surface area contributed by atoms with Gasteiger partial charge in [0.2, 0.25) is 5.91 Å². The molecule has 6 nitrogen and oxygen atoms in total. The molecule has 0 aromatic heterocycles. The van der Waals surface area contributed by atoms with E-state index in [9.17, 15) is 14.4 Å². The van der Waals surface area contributed by atoms with E-state index in [1.165, 1.54) is 0 Å². The van der Waals surface area contributed by atoms with Crippen LogP contribution < -0.4 is 10.1 Å². The van der Waals surface area contributed by atoms with Gasteiger partial charge in [-0.1, -0.05) is 29.8 Å². The van der Waals surface area contributed by atoms with Crippen molar-refractivity contribution in [2.24, 2.45) is 0 Å². The van der Waals surface area contributed by atoms with Crippen LogP contribution in [0.4, 0.5) is 0 Å². The van der Waals surface area contributed by atoms with Crippen molar-refractivity contribution in [3.63, 3.8) is 0 Å². The lowest BCUT2D eigenvalue weighted by molar-refractivity contribution is -0.125. The number of nitrogens with one attached hydrogen (secondary N) is 1. The highest BCUT2D eigenvalue weighted by atomic mass is 16.5. The van der Waals surface area contributed by atoms with Crippen molar-refractivity contribution in [3.8, 4) is 5.75 Å². The summed E-state index contributed by atoms with van der Waals surface area (Å²) in [6.45, 7) is 4.06. The Hall–Kier alpha value is -3.15. The van der Waals surface area contributed by atoms with Gasteiger partial charge in [-0.3, -0.25) is 19.3 Å². The topological polar surface area (TPSA) is 75.7 Å². The molecule has 2 atom stereocenters. The van der Waals surface area contributed by atoms with E-state index in [1.54, 1.807) is 31.2 Å². The van der Waals surface area contributed by atoms with E-state index in [4.69, 9.17) is 4.74 Å². The van der Waals surface area contributed by atoms with Crippen molar-refractivity contribution >= 4 is 17.7 Å². The number of benzene rings is 2. The lowest BCUT2D eigenvalue weighted by Gasteiger charge is -2.29. The molecule has 27 heavy (non-hydrogen) atoms. The van der Waals surface area contributed by atoms with Gasteiger partial charge >= 0.3 is 0 Å². The van der Waals surface area contributed by atoms with Crippen LogP contribution >= 0.6 is 0 Å². The molecule has 0 saturated heterocycles. The summed E-state index contributed by atoms with van der Waals surface area (Å²) in [5.74, 6) is -0.461. The molecule has 2 aliphatic rings. The van der Waals surface area contributed by atoms with Crippen LogP contribution in [0.2, 0.25) is 0 Å². The number of aryl methyl sites for hydroxylation is 1. The number of imide groups is 1. The van der Waals surface area contributed by atoms with Crippen LogP contribution in [0.1, 0.15) is 51.2 Å². The SMILES string of the molecule is Cc1ccc2c(c1)C(NC(=O)C(C)N1C(=O)c3ccccc3C1=O)CCO2. The van der Waals surface area contributed by atoms with E-state index >= 15 is 0 Å².